The van der Waals surface area contributed by atoms with Gasteiger partial charge in [-0.15, -0.1) is 6.58 Å². The molecule has 1 saturated heterocycles. The Labute approximate surface area is 163 Å². The van der Waals surface area contributed by atoms with E-state index in [1.807, 2.05) is 49.3 Å². The zero-order valence-corrected chi connectivity index (χ0v) is 16.1. The van der Waals surface area contributed by atoms with Gasteiger partial charge in [-0.05, 0) is 47.7 Å². The fraction of sp³-hybridized carbons (Fsp3) is 0.143. The van der Waals surface area contributed by atoms with Gasteiger partial charge in [-0.1, -0.05) is 24.3 Å². The minimum Gasteiger partial charge on any atom is -0.508 e. The Kier molecular flexibility index (Phi) is 5.66. The highest BCUT2D eigenvalue weighted by Crippen LogP contribution is 2.34. The number of phenolic OH excluding ortho intramolecular Hbond substituents is 1. The van der Waals surface area contributed by atoms with Crippen LogP contribution in [0.4, 0.5) is 11.4 Å². The van der Waals surface area contributed by atoms with E-state index < -0.39 is 0 Å². The lowest BCUT2D eigenvalue weighted by molar-refractivity contribution is -0.121. The molecule has 0 aliphatic carbocycles. The fourth-order valence-corrected chi connectivity index (χ4v) is 3.58. The number of aliphatic imine (C=N–C) groups is 1. The van der Waals surface area contributed by atoms with Gasteiger partial charge in [0, 0.05) is 32.4 Å². The summed E-state index contributed by atoms with van der Waals surface area (Å²) in [6, 6.07) is 14.6. The van der Waals surface area contributed by atoms with Gasteiger partial charge in [0.25, 0.3) is 5.91 Å². The summed E-state index contributed by atoms with van der Waals surface area (Å²) >= 11 is 1.32. The molecule has 0 bridgehead atoms. The summed E-state index contributed by atoms with van der Waals surface area (Å²) in [4.78, 5) is 21.5. The number of benzene rings is 2. The number of carbonyl (C=O) groups is 1. The highest BCUT2D eigenvalue weighted by Gasteiger charge is 2.32. The van der Waals surface area contributed by atoms with Gasteiger partial charge in [0.15, 0.2) is 5.17 Å². The first-order chi connectivity index (χ1) is 13.0. The number of carbonyl (C=O) groups excluding carboxylic acids is 1. The SMILES string of the molecule is C=CCN1C(=O)/C(=C\c2ccc(N(C)C)cc2)SC1=Nc1cccc(O)c1. The number of anilines is 1. The average Bonchev–Trinajstić information content (AvgIpc) is 2.91. The van der Waals surface area contributed by atoms with Gasteiger partial charge >= 0.3 is 0 Å². The van der Waals surface area contributed by atoms with E-state index in [0.29, 0.717) is 22.3 Å². The van der Waals surface area contributed by atoms with E-state index in [-0.39, 0.29) is 11.7 Å². The number of hydrogen-bond acceptors (Lipinski definition) is 5. The Bertz CT molecular complexity index is 917. The van der Waals surface area contributed by atoms with Crippen molar-refractivity contribution in [3.8, 4) is 5.75 Å². The van der Waals surface area contributed by atoms with Crippen LogP contribution in [0.25, 0.3) is 6.08 Å². The lowest BCUT2D eigenvalue weighted by atomic mass is 10.2. The molecule has 6 heteroatoms. The lowest BCUT2D eigenvalue weighted by Gasteiger charge is -2.12. The van der Waals surface area contributed by atoms with E-state index in [4.69, 9.17) is 0 Å². The molecule has 2 aromatic rings. The van der Waals surface area contributed by atoms with Crippen LogP contribution < -0.4 is 4.90 Å². The Hall–Kier alpha value is -2.99. The molecular formula is C21H21N3O2S. The average molecular weight is 379 g/mol. The van der Waals surface area contributed by atoms with Crippen LogP contribution in [0.15, 0.2) is 71.1 Å². The summed E-state index contributed by atoms with van der Waals surface area (Å²) in [6.45, 7) is 4.10. The van der Waals surface area contributed by atoms with E-state index in [9.17, 15) is 9.90 Å². The molecule has 0 saturated carbocycles. The standard InChI is InChI=1S/C21H21N3O2S/c1-4-12-24-20(26)19(13-15-8-10-17(11-9-15)23(2)3)27-21(24)22-16-6-5-7-18(25)14-16/h4-11,13-14,25H,1,12H2,2-3H3/b19-13+,22-21?. The van der Waals surface area contributed by atoms with Crippen molar-refractivity contribution in [1.29, 1.82) is 0 Å². The maximum atomic E-state index is 12.8. The molecule has 27 heavy (non-hydrogen) atoms. The highest BCUT2D eigenvalue weighted by molar-refractivity contribution is 8.18. The number of amidine groups is 1. The van der Waals surface area contributed by atoms with Crippen molar-refractivity contribution >= 4 is 40.3 Å². The predicted molar refractivity (Wildman–Crippen MR) is 113 cm³/mol. The van der Waals surface area contributed by atoms with Crippen LogP contribution in [0.2, 0.25) is 0 Å². The van der Waals surface area contributed by atoms with Crippen LogP contribution in [0.5, 0.6) is 5.75 Å². The number of nitrogens with zero attached hydrogens (tertiary/aromatic N) is 3. The fourth-order valence-electron chi connectivity index (χ4n) is 2.57. The Morgan fingerprint density at radius 1 is 1.22 bits per heavy atom. The van der Waals surface area contributed by atoms with E-state index in [0.717, 1.165) is 11.3 Å². The van der Waals surface area contributed by atoms with Crippen LogP contribution in [-0.4, -0.2) is 41.7 Å². The summed E-state index contributed by atoms with van der Waals surface area (Å²) in [7, 11) is 3.97. The van der Waals surface area contributed by atoms with Gasteiger partial charge < -0.3 is 10.0 Å². The Balaban J connectivity index is 1.91. The number of rotatable bonds is 5. The molecule has 0 unspecified atom stereocenters. The van der Waals surface area contributed by atoms with E-state index >= 15 is 0 Å². The second kappa shape index (κ2) is 8.14. The molecule has 1 aliphatic heterocycles. The third kappa shape index (κ3) is 4.41. The predicted octanol–water partition coefficient (Wildman–Crippen LogP) is 4.25. The van der Waals surface area contributed by atoms with E-state index in [1.165, 1.54) is 11.8 Å². The molecule has 1 fully saturated rings. The molecular weight excluding hydrogens is 358 g/mol. The number of aromatic hydroxyl groups is 1. The van der Waals surface area contributed by atoms with Crippen LogP contribution in [0, 0.1) is 0 Å². The molecule has 0 aromatic heterocycles. The van der Waals surface area contributed by atoms with Crippen molar-refractivity contribution in [3.05, 3.63) is 71.7 Å². The van der Waals surface area contributed by atoms with Crippen molar-refractivity contribution in [2.45, 2.75) is 0 Å². The van der Waals surface area contributed by atoms with Crippen molar-refractivity contribution in [1.82, 2.24) is 4.90 Å². The molecule has 1 aliphatic rings. The van der Waals surface area contributed by atoms with Crippen molar-refractivity contribution in [2.75, 3.05) is 25.5 Å². The maximum Gasteiger partial charge on any atom is 0.267 e. The number of amides is 1. The van der Waals surface area contributed by atoms with Gasteiger partial charge in [0.2, 0.25) is 0 Å². The number of hydrogen-bond donors (Lipinski definition) is 1. The molecule has 1 N–H and O–H groups in total. The zero-order chi connectivity index (χ0) is 19.4. The minimum absolute atomic E-state index is 0.101. The molecule has 0 spiro atoms. The largest absolute Gasteiger partial charge is 0.508 e. The lowest BCUT2D eigenvalue weighted by Crippen LogP contribution is -2.29. The zero-order valence-electron chi connectivity index (χ0n) is 15.3. The third-order valence-electron chi connectivity index (χ3n) is 3.96. The molecule has 1 amide bonds. The second-order valence-electron chi connectivity index (χ2n) is 6.22. The molecule has 3 rings (SSSR count). The van der Waals surface area contributed by atoms with Crippen molar-refractivity contribution < 1.29 is 9.90 Å². The van der Waals surface area contributed by atoms with Crippen molar-refractivity contribution in [2.24, 2.45) is 4.99 Å². The minimum atomic E-state index is -0.101. The summed E-state index contributed by atoms with van der Waals surface area (Å²) in [5, 5.41) is 10.2. The summed E-state index contributed by atoms with van der Waals surface area (Å²) in [6.07, 6.45) is 3.54. The smallest absolute Gasteiger partial charge is 0.267 e. The first-order valence-corrected chi connectivity index (χ1v) is 9.27. The summed E-state index contributed by atoms with van der Waals surface area (Å²) < 4.78 is 0. The van der Waals surface area contributed by atoms with Crippen LogP contribution in [0.3, 0.4) is 0 Å². The Morgan fingerprint density at radius 3 is 2.59 bits per heavy atom. The first-order valence-electron chi connectivity index (χ1n) is 8.45. The first kappa shape index (κ1) is 18.8. The van der Waals surface area contributed by atoms with Gasteiger partial charge in [-0.25, -0.2) is 4.99 Å². The maximum absolute atomic E-state index is 12.8. The molecule has 138 valence electrons. The summed E-state index contributed by atoms with van der Waals surface area (Å²) in [5.41, 5.74) is 2.64. The molecule has 0 atom stereocenters. The molecule has 0 radical (unpaired) electrons. The second-order valence-corrected chi connectivity index (χ2v) is 7.22. The van der Waals surface area contributed by atoms with Crippen LogP contribution in [-0.2, 0) is 4.79 Å². The Morgan fingerprint density at radius 2 is 1.96 bits per heavy atom. The normalized spacial score (nSPS) is 17.0. The van der Waals surface area contributed by atoms with E-state index in [2.05, 4.69) is 11.6 Å². The molecule has 1 heterocycles. The van der Waals surface area contributed by atoms with Gasteiger partial charge in [-0.3, -0.25) is 9.69 Å². The topological polar surface area (TPSA) is 56.1 Å². The van der Waals surface area contributed by atoms with Gasteiger partial charge in [0.05, 0.1) is 10.6 Å². The third-order valence-corrected chi connectivity index (χ3v) is 4.97. The van der Waals surface area contributed by atoms with Gasteiger partial charge in [-0.2, -0.15) is 0 Å². The number of thioether (sulfide) groups is 1. The van der Waals surface area contributed by atoms with Gasteiger partial charge in [0.1, 0.15) is 5.75 Å². The van der Waals surface area contributed by atoms with Crippen LogP contribution >= 0.6 is 11.8 Å². The molecule has 5 nitrogen and oxygen atoms in total. The molecule has 2 aromatic carbocycles. The quantitative estimate of drug-likeness (QED) is 0.623. The number of phenols is 1. The monoisotopic (exact) mass is 379 g/mol. The highest BCUT2D eigenvalue weighted by atomic mass is 32.2. The van der Waals surface area contributed by atoms with Crippen molar-refractivity contribution in [3.63, 3.8) is 0 Å². The van der Waals surface area contributed by atoms with Crippen LogP contribution in [0.1, 0.15) is 5.56 Å². The van der Waals surface area contributed by atoms with E-state index in [1.54, 1.807) is 35.2 Å². The summed E-state index contributed by atoms with van der Waals surface area (Å²) in [5.74, 6) is 0.0358.